The first-order valence-corrected chi connectivity index (χ1v) is 8.94. The maximum atomic E-state index is 12.8. The van der Waals surface area contributed by atoms with E-state index in [1.807, 2.05) is 11.7 Å². The molecular weight excluding hydrogens is 355 g/mol. The van der Waals surface area contributed by atoms with E-state index in [2.05, 4.69) is 34.6 Å². The van der Waals surface area contributed by atoms with E-state index in [-0.39, 0.29) is 6.54 Å². The Bertz CT molecular complexity index is 793. The molecule has 27 heavy (non-hydrogen) atoms. The van der Waals surface area contributed by atoms with Gasteiger partial charge in [-0.15, -0.1) is 0 Å². The van der Waals surface area contributed by atoms with E-state index in [1.54, 1.807) is 13.1 Å². The van der Waals surface area contributed by atoms with Gasteiger partial charge in [0.25, 0.3) is 0 Å². The maximum Gasteiger partial charge on any atom is 0.416 e. The molecule has 0 unspecified atom stereocenters. The van der Waals surface area contributed by atoms with Crippen LogP contribution in [0.25, 0.3) is 0 Å². The molecule has 0 saturated carbocycles. The lowest BCUT2D eigenvalue weighted by molar-refractivity contribution is -0.137. The molecule has 0 aliphatic carbocycles. The largest absolute Gasteiger partial charge is 0.416 e. The predicted molar refractivity (Wildman–Crippen MR) is 100 cm³/mol. The van der Waals surface area contributed by atoms with Crippen LogP contribution < -0.4 is 10.6 Å². The number of hydrogen-bond acceptors (Lipinski definition) is 2. The summed E-state index contributed by atoms with van der Waals surface area (Å²) in [6.45, 7) is 4.95. The molecule has 0 aliphatic heterocycles. The number of aliphatic imine (C=N–C) groups is 1. The topological polar surface area (TPSA) is 54.2 Å². The van der Waals surface area contributed by atoms with Crippen molar-refractivity contribution in [3.63, 3.8) is 0 Å². The van der Waals surface area contributed by atoms with Gasteiger partial charge in [-0.25, -0.2) is 0 Å². The Labute approximate surface area is 157 Å². The van der Waals surface area contributed by atoms with E-state index in [4.69, 9.17) is 0 Å². The molecule has 1 aromatic carbocycles. The second kappa shape index (κ2) is 8.92. The number of nitrogens with one attached hydrogen (secondary N) is 2. The van der Waals surface area contributed by atoms with Gasteiger partial charge in [-0.05, 0) is 30.5 Å². The van der Waals surface area contributed by atoms with Gasteiger partial charge in [0.2, 0.25) is 0 Å². The Morgan fingerprint density at radius 2 is 1.85 bits per heavy atom. The minimum atomic E-state index is -4.34. The molecule has 5 nitrogen and oxygen atoms in total. The van der Waals surface area contributed by atoms with Gasteiger partial charge in [-0.2, -0.15) is 18.3 Å². The van der Waals surface area contributed by atoms with Gasteiger partial charge < -0.3 is 10.6 Å². The van der Waals surface area contributed by atoms with E-state index >= 15 is 0 Å². The van der Waals surface area contributed by atoms with Crippen LogP contribution in [0.1, 0.15) is 41.9 Å². The first kappa shape index (κ1) is 20.8. The Morgan fingerprint density at radius 1 is 1.15 bits per heavy atom. The van der Waals surface area contributed by atoms with Crippen molar-refractivity contribution in [2.45, 2.75) is 46.0 Å². The van der Waals surface area contributed by atoms with Gasteiger partial charge in [-0.1, -0.05) is 26.0 Å². The van der Waals surface area contributed by atoms with E-state index < -0.39 is 11.7 Å². The monoisotopic (exact) mass is 381 g/mol. The van der Waals surface area contributed by atoms with Crippen LogP contribution >= 0.6 is 0 Å². The molecular formula is C19H26F3N5. The van der Waals surface area contributed by atoms with Gasteiger partial charge in [0.1, 0.15) is 0 Å². The number of guanidine groups is 1. The highest BCUT2D eigenvalue weighted by Gasteiger charge is 2.30. The third-order valence-electron chi connectivity index (χ3n) is 4.40. The molecule has 1 heterocycles. The minimum absolute atomic E-state index is 0.248. The summed E-state index contributed by atoms with van der Waals surface area (Å²) < 4.78 is 40.4. The molecule has 148 valence electrons. The Morgan fingerprint density at radius 3 is 2.44 bits per heavy atom. The van der Waals surface area contributed by atoms with Crippen molar-refractivity contribution in [2.24, 2.45) is 12.0 Å². The number of aryl methyl sites for hydroxylation is 2. The summed E-state index contributed by atoms with van der Waals surface area (Å²) in [4.78, 5) is 4.15. The van der Waals surface area contributed by atoms with Crippen molar-refractivity contribution in [3.8, 4) is 0 Å². The van der Waals surface area contributed by atoms with Crippen molar-refractivity contribution < 1.29 is 13.2 Å². The van der Waals surface area contributed by atoms with Crippen LogP contribution in [0.3, 0.4) is 0 Å². The van der Waals surface area contributed by atoms with Crippen molar-refractivity contribution in [1.29, 1.82) is 0 Å². The summed E-state index contributed by atoms with van der Waals surface area (Å²) in [5, 5.41) is 10.8. The molecule has 2 N–H and O–H groups in total. The third kappa shape index (κ3) is 5.24. The van der Waals surface area contributed by atoms with E-state index in [0.717, 1.165) is 41.9 Å². The summed E-state index contributed by atoms with van der Waals surface area (Å²) in [6.07, 6.45) is -2.64. The molecule has 0 amide bonds. The van der Waals surface area contributed by atoms with Gasteiger partial charge in [0.15, 0.2) is 5.96 Å². The van der Waals surface area contributed by atoms with Crippen LogP contribution in [0, 0.1) is 0 Å². The zero-order valence-electron chi connectivity index (χ0n) is 16.1. The van der Waals surface area contributed by atoms with Crippen LogP contribution in [-0.4, -0.2) is 22.8 Å². The smallest absolute Gasteiger partial charge is 0.352 e. The van der Waals surface area contributed by atoms with Gasteiger partial charge in [0.05, 0.1) is 11.3 Å². The number of nitrogens with zero attached hydrogens (tertiary/aromatic N) is 3. The van der Waals surface area contributed by atoms with Gasteiger partial charge in [-0.3, -0.25) is 9.67 Å². The highest BCUT2D eigenvalue weighted by atomic mass is 19.4. The Kier molecular flexibility index (Phi) is 6.87. The van der Waals surface area contributed by atoms with Crippen LogP contribution in [0.4, 0.5) is 13.2 Å². The number of aromatic nitrogens is 2. The van der Waals surface area contributed by atoms with E-state index in [1.165, 1.54) is 6.07 Å². The maximum absolute atomic E-state index is 12.8. The van der Waals surface area contributed by atoms with E-state index in [9.17, 15) is 13.2 Å². The number of halogens is 3. The van der Waals surface area contributed by atoms with Crippen molar-refractivity contribution >= 4 is 5.96 Å². The molecule has 0 saturated heterocycles. The zero-order chi connectivity index (χ0) is 20.0. The fraction of sp³-hybridized carbons (Fsp3) is 0.474. The molecule has 0 spiro atoms. The van der Waals surface area contributed by atoms with Crippen LogP contribution in [0.2, 0.25) is 0 Å². The molecule has 8 heteroatoms. The van der Waals surface area contributed by atoms with Gasteiger partial charge in [0, 0.05) is 38.4 Å². The Hall–Kier alpha value is -2.51. The SMILES string of the molecule is CCc1nn(C)c(CC)c1CNC(=NC)NCc1cccc(C(F)(F)F)c1. The lowest BCUT2D eigenvalue weighted by Crippen LogP contribution is -2.36. The quantitative estimate of drug-likeness (QED) is 0.595. The lowest BCUT2D eigenvalue weighted by atomic mass is 10.1. The average molecular weight is 381 g/mol. The van der Waals surface area contributed by atoms with Gasteiger partial charge >= 0.3 is 6.18 Å². The number of alkyl halides is 3. The predicted octanol–water partition coefficient (Wildman–Crippen LogP) is 3.43. The summed E-state index contributed by atoms with van der Waals surface area (Å²) in [7, 11) is 3.56. The van der Waals surface area contributed by atoms with Crippen LogP contribution in [-0.2, 0) is 39.2 Å². The van der Waals surface area contributed by atoms with Crippen molar-refractivity contribution in [3.05, 3.63) is 52.3 Å². The standard InChI is InChI=1S/C19H26F3N5/c1-5-16-15(17(6-2)27(4)26-16)12-25-18(23-3)24-11-13-8-7-9-14(10-13)19(20,21)22/h7-10H,5-6,11-12H2,1-4H3,(H2,23,24,25). The molecule has 2 rings (SSSR count). The molecule has 0 radical (unpaired) electrons. The summed E-state index contributed by atoms with van der Waals surface area (Å²) >= 11 is 0. The molecule has 0 aliphatic rings. The van der Waals surface area contributed by atoms with E-state index in [0.29, 0.717) is 18.1 Å². The number of benzene rings is 1. The zero-order valence-corrected chi connectivity index (χ0v) is 16.1. The number of hydrogen-bond donors (Lipinski definition) is 2. The molecule has 0 bridgehead atoms. The fourth-order valence-corrected chi connectivity index (χ4v) is 3.03. The fourth-order valence-electron chi connectivity index (χ4n) is 3.03. The second-order valence-electron chi connectivity index (χ2n) is 6.18. The highest BCUT2D eigenvalue weighted by molar-refractivity contribution is 5.79. The first-order chi connectivity index (χ1) is 12.8. The average Bonchev–Trinajstić information content (AvgIpc) is 2.96. The number of rotatable bonds is 6. The Balaban J connectivity index is 2.02. The summed E-state index contributed by atoms with van der Waals surface area (Å²) in [5.74, 6) is 0.528. The summed E-state index contributed by atoms with van der Waals surface area (Å²) in [5.41, 5.74) is 3.23. The molecule has 2 aromatic rings. The minimum Gasteiger partial charge on any atom is -0.352 e. The first-order valence-electron chi connectivity index (χ1n) is 8.94. The van der Waals surface area contributed by atoms with Crippen LogP contribution in [0.15, 0.2) is 29.3 Å². The van der Waals surface area contributed by atoms with Crippen molar-refractivity contribution in [1.82, 2.24) is 20.4 Å². The van der Waals surface area contributed by atoms with Crippen molar-refractivity contribution in [2.75, 3.05) is 7.05 Å². The second-order valence-corrected chi connectivity index (χ2v) is 6.18. The lowest BCUT2D eigenvalue weighted by Gasteiger charge is -2.14. The molecule has 0 fully saturated rings. The molecule has 1 aromatic heterocycles. The molecule has 0 atom stereocenters. The highest BCUT2D eigenvalue weighted by Crippen LogP contribution is 2.29. The van der Waals surface area contributed by atoms with Crippen LogP contribution in [0.5, 0.6) is 0 Å². The summed E-state index contributed by atoms with van der Waals surface area (Å²) in [6, 6.07) is 5.27. The third-order valence-corrected chi connectivity index (χ3v) is 4.40. The normalized spacial score (nSPS) is 12.3.